The Morgan fingerprint density at radius 3 is 1.43 bits per heavy atom. The van der Waals surface area contributed by atoms with Gasteiger partial charge in [0, 0.05) is 40.5 Å². The van der Waals surface area contributed by atoms with Gasteiger partial charge in [0.25, 0.3) is 0 Å². The molecule has 0 N–H and O–H groups in total. The highest BCUT2D eigenvalue weighted by Crippen LogP contribution is 2.41. The summed E-state index contributed by atoms with van der Waals surface area (Å²) in [5, 5.41) is 7.73. The lowest BCUT2D eigenvalue weighted by Crippen LogP contribution is -2.18. The third kappa shape index (κ3) is 7.18. The molecule has 0 fully saturated rings. The van der Waals surface area contributed by atoms with Crippen molar-refractivity contribution < 1.29 is 0 Å². The van der Waals surface area contributed by atoms with Crippen LogP contribution in [0.4, 0.5) is 28.4 Å². The van der Waals surface area contributed by atoms with Gasteiger partial charge in [0.05, 0.1) is 0 Å². The summed E-state index contributed by atoms with van der Waals surface area (Å²) < 4.78 is 0. The number of para-hydroxylation sites is 1. The standard InChI is InChI=1S/C61H44N2/c1-43-15-5-4-14-40-62(50-32-24-46(25-33-50)48-30-38-58-56-22-11-10-20-54(56)55-21-12-13-23-57(55)60(58)42-48)61-39-31-49(41-59(43)61)47-28-36-53(37-29-47)63(51-18-8-3-9-19-51)52-34-26-45(27-35-52)44-16-6-2-7-17-44/h2-39,41-42H,1,40H2/b14-4-,15-5-. The largest absolute Gasteiger partial charge is 0.337 e. The molecule has 0 bridgehead atoms. The molecule has 2 nitrogen and oxygen atoms in total. The molecule has 0 aromatic heterocycles. The van der Waals surface area contributed by atoms with Gasteiger partial charge in [0.15, 0.2) is 0 Å². The lowest BCUT2D eigenvalue weighted by molar-refractivity contribution is 1.09. The normalized spacial score (nSPS) is 13.6. The minimum Gasteiger partial charge on any atom is -0.337 e. The maximum Gasteiger partial charge on any atom is 0.0493 e. The van der Waals surface area contributed by atoms with Gasteiger partial charge in [-0.25, -0.2) is 0 Å². The van der Waals surface area contributed by atoms with Crippen LogP contribution in [0.15, 0.2) is 249 Å². The quantitative estimate of drug-likeness (QED) is 0.148. The Labute approximate surface area is 369 Å². The molecule has 0 unspecified atom stereocenters. The number of benzene rings is 10. The first-order valence-corrected chi connectivity index (χ1v) is 21.7. The van der Waals surface area contributed by atoms with Crippen molar-refractivity contribution in [1.29, 1.82) is 0 Å². The summed E-state index contributed by atoms with van der Waals surface area (Å²) in [6.07, 6.45) is 8.54. The Bertz CT molecular complexity index is 3310. The maximum absolute atomic E-state index is 4.56. The van der Waals surface area contributed by atoms with Crippen molar-refractivity contribution in [3.63, 3.8) is 0 Å². The molecular weight excluding hydrogens is 761 g/mol. The van der Waals surface area contributed by atoms with Crippen molar-refractivity contribution in [1.82, 2.24) is 0 Å². The van der Waals surface area contributed by atoms with Crippen LogP contribution in [0.2, 0.25) is 0 Å². The van der Waals surface area contributed by atoms with Crippen LogP contribution in [0.25, 0.3) is 71.3 Å². The van der Waals surface area contributed by atoms with E-state index in [1.54, 1.807) is 0 Å². The molecule has 298 valence electrons. The topological polar surface area (TPSA) is 6.48 Å². The number of rotatable bonds is 7. The number of hydrogen-bond acceptors (Lipinski definition) is 2. The van der Waals surface area contributed by atoms with Crippen LogP contribution in [-0.2, 0) is 0 Å². The van der Waals surface area contributed by atoms with Gasteiger partial charge in [-0.15, -0.1) is 0 Å². The van der Waals surface area contributed by atoms with E-state index in [9.17, 15) is 0 Å². The van der Waals surface area contributed by atoms with Crippen LogP contribution in [-0.4, -0.2) is 6.54 Å². The van der Waals surface area contributed by atoms with Crippen LogP contribution in [0.1, 0.15) is 5.56 Å². The van der Waals surface area contributed by atoms with Crippen LogP contribution in [0, 0.1) is 0 Å². The van der Waals surface area contributed by atoms with E-state index in [1.165, 1.54) is 54.6 Å². The van der Waals surface area contributed by atoms with Crippen molar-refractivity contribution in [3.8, 4) is 33.4 Å². The molecule has 1 aliphatic rings. The fourth-order valence-electron chi connectivity index (χ4n) is 9.24. The van der Waals surface area contributed by atoms with Crippen LogP contribution >= 0.6 is 0 Å². The highest BCUT2D eigenvalue weighted by molar-refractivity contribution is 6.25. The molecule has 11 rings (SSSR count). The second-order valence-corrected chi connectivity index (χ2v) is 16.2. The number of anilines is 5. The molecule has 63 heavy (non-hydrogen) atoms. The van der Waals surface area contributed by atoms with Gasteiger partial charge in [-0.05, 0) is 138 Å². The average molecular weight is 805 g/mol. The summed E-state index contributed by atoms with van der Waals surface area (Å²) in [4.78, 5) is 4.70. The molecule has 1 heterocycles. The molecule has 10 aromatic carbocycles. The lowest BCUT2D eigenvalue weighted by atomic mass is 9.92. The van der Waals surface area contributed by atoms with Gasteiger partial charge in [-0.3, -0.25) is 0 Å². The van der Waals surface area contributed by atoms with Crippen LogP contribution in [0.3, 0.4) is 0 Å². The van der Waals surface area contributed by atoms with Crippen molar-refractivity contribution in [2.24, 2.45) is 0 Å². The average Bonchev–Trinajstić information content (AvgIpc) is 3.43. The van der Waals surface area contributed by atoms with E-state index in [0.717, 1.165) is 57.2 Å². The second-order valence-electron chi connectivity index (χ2n) is 16.2. The minimum absolute atomic E-state index is 0.731. The molecule has 0 radical (unpaired) electrons. The van der Waals surface area contributed by atoms with Gasteiger partial charge in [-0.1, -0.05) is 183 Å². The van der Waals surface area contributed by atoms with Crippen molar-refractivity contribution >= 4 is 66.3 Å². The van der Waals surface area contributed by atoms with Crippen molar-refractivity contribution in [3.05, 3.63) is 255 Å². The highest BCUT2D eigenvalue weighted by Gasteiger charge is 2.18. The van der Waals surface area contributed by atoms with E-state index in [4.69, 9.17) is 0 Å². The third-order valence-corrected chi connectivity index (χ3v) is 12.4. The summed E-state index contributed by atoms with van der Waals surface area (Å²) >= 11 is 0. The molecule has 10 aromatic rings. The van der Waals surface area contributed by atoms with Crippen LogP contribution < -0.4 is 9.80 Å². The fraction of sp³-hybridized carbons (Fsp3) is 0.0164. The number of hydrogen-bond donors (Lipinski definition) is 0. The Hall–Kier alpha value is -8.20. The SMILES string of the molecule is C=C1/C=C\C=C/CN(c2ccc(-c3ccc4c5ccccc5c5ccccc5c4c3)cc2)c2ccc(-c3ccc(N(c4ccccc4)c4ccc(-c5ccccc5)cc4)cc3)cc21. The third-order valence-electron chi connectivity index (χ3n) is 12.4. The summed E-state index contributed by atoms with van der Waals surface area (Å²) in [5.41, 5.74) is 14.8. The second kappa shape index (κ2) is 16.3. The first-order valence-electron chi connectivity index (χ1n) is 21.7. The predicted octanol–water partition coefficient (Wildman–Crippen LogP) is 16.9. The maximum atomic E-state index is 4.56. The monoisotopic (exact) mass is 804 g/mol. The molecule has 0 amide bonds. The molecule has 1 aliphatic heterocycles. The van der Waals surface area contributed by atoms with Gasteiger partial charge in [0.1, 0.15) is 0 Å². The van der Waals surface area contributed by atoms with Gasteiger partial charge in [0.2, 0.25) is 0 Å². The Balaban J connectivity index is 0.908. The molecule has 0 aliphatic carbocycles. The Morgan fingerprint density at radius 1 is 0.365 bits per heavy atom. The Kier molecular flexibility index (Phi) is 9.80. The summed E-state index contributed by atoms with van der Waals surface area (Å²) in [6.45, 7) is 5.29. The number of allylic oxidation sites excluding steroid dienone is 4. The van der Waals surface area contributed by atoms with Crippen molar-refractivity contribution in [2.75, 3.05) is 16.3 Å². The van der Waals surface area contributed by atoms with E-state index >= 15 is 0 Å². The molecular formula is C61H44N2. The zero-order chi connectivity index (χ0) is 42.1. The van der Waals surface area contributed by atoms with E-state index < -0.39 is 0 Å². The summed E-state index contributed by atoms with van der Waals surface area (Å²) in [6, 6.07) is 79.1. The molecule has 0 saturated heterocycles. The van der Waals surface area contributed by atoms with E-state index in [0.29, 0.717) is 0 Å². The molecule has 2 heteroatoms. The zero-order valence-electron chi connectivity index (χ0n) is 34.9. The molecule has 0 saturated carbocycles. The van der Waals surface area contributed by atoms with Crippen molar-refractivity contribution in [2.45, 2.75) is 0 Å². The summed E-state index contributed by atoms with van der Waals surface area (Å²) in [7, 11) is 0. The molecule has 0 spiro atoms. The fourth-order valence-corrected chi connectivity index (χ4v) is 9.24. The van der Waals surface area contributed by atoms with Crippen LogP contribution in [0.5, 0.6) is 0 Å². The summed E-state index contributed by atoms with van der Waals surface area (Å²) in [5.74, 6) is 0. The zero-order valence-corrected chi connectivity index (χ0v) is 34.9. The number of fused-ring (bicyclic) bond motifs is 7. The van der Waals surface area contributed by atoms with Gasteiger partial charge in [-0.2, -0.15) is 0 Å². The molecule has 0 atom stereocenters. The van der Waals surface area contributed by atoms with E-state index in [-0.39, 0.29) is 0 Å². The van der Waals surface area contributed by atoms with E-state index in [2.05, 4.69) is 259 Å². The van der Waals surface area contributed by atoms with E-state index in [1.807, 2.05) is 0 Å². The smallest absolute Gasteiger partial charge is 0.0493 e. The Morgan fingerprint density at radius 2 is 0.810 bits per heavy atom. The first kappa shape index (κ1) is 37.8. The first-order chi connectivity index (χ1) is 31.2. The number of nitrogens with zero attached hydrogens (tertiary/aromatic N) is 2. The van der Waals surface area contributed by atoms with Gasteiger partial charge < -0.3 is 9.80 Å². The van der Waals surface area contributed by atoms with Gasteiger partial charge >= 0.3 is 0 Å². The predicted molar refractivity (Wildman–Crippen MR) is 271 cm³/mol. The minimum atomic E-state index is 0.731. The highest BCUT2D eigenvalue weighted by atomic mass is 15.1. The lowest BCUT2D eigenvalue weighted by Gasteiger charge is -2.27.